The van der Waals surface area contributed by atoms with Gasteiger partial charge >= 0.3 is 0 Å². The monoisotopic (exact) mass is 499 g/mol. The van der Waals surface area contributed by atoms with E-state index in [-0.39, 0.29) is 6.29 Å². The first-order chi connectivity index (χ1) is 18.2. The fourth-order valence-corrected chi connectivity index (χ4v) is 4.23. The van der Waals surface area contributed by atoms with Crippen LogP contribution >= 0.6 is 0 Å². The van der Waals surface area contributed by atoms with Crippen LogP contribution in [0.3, 0.4) is 0 Å². The topological polar surface area (TPSA) is 105 Å². The maximum Gasteiger partial charge on any atom is 0.226 e. The van der Waals surface area contributed by atoms with E-state index < -0.39 is 0 Å². The summed E-state index contributed by atoms with van der Waals surface area (Å²) >= 11 is 0. The van der Waals surface area contributed by atoms with Gasteiger partial charge in [-0.2, -0.15) is 4.52 Å². The number of anilines is 1. The second-order valence-corrected chi connectivity index (χ2v) is 8.39. The van der Waals surface area contributed by atoms with E-state index in [2.05, 4.69) is 10.4 Å². The van der Waals surface area contributed by atoms with Crippen molar-refractivity contribution in [3.05, 3.63) is 78.1 Å². The van der Waals surface area contributed by atoms with Crippen LogP contribution in [0.2, 0.25) is 0 Å². The van der Waals surface area contributed by atoms with Gasteiger partial charge in [-0.3, -0.25) is 0 Å². The number of nitrogens with one attached hydrogen (secondary N) is 1. The standard InChI is InChI=1S/C27H25N5O5/c1-33-21-9-8-17(13-23(21)34-2)16-28-27-29-20(18-5-3-6-19(14-18)26-36-11-12-37-26)15-24-30-25(31-32(24)27)22-7-4-10-35-22/h3-10,13-15,26H,11-12,16H2,1-2H3,(H,28,29). The number of rotatable bonds is 8. The predicted molar refractivity (Wildman–Crippen MR) is 135 cm³/mol. The number of nitrogens with zero attached hydrogens (tertiary/aromatic N) is 4. The minimum atomic E-state index is -0.370. The van der Waals surface area contributed by atoms with Gasteiger partial charge in [-0.25, -0.2) is 9.97 Å². The van der Waals surface area contributed by atoms with Crippen molar-refractivity contribution in [2.75, 3.05) is 32.8 Å². The second kappa shape index (κ2) is 9.92. The quantitative estimate of drug-likeness (QED) is 0.324. The zero-order chi connectivity index (χ0) is 25.2. The summed E-state index contributed by atoms with van der Waals surface area (Å²) in [5.41, 5.74) is 4.21. The summed E-state index contributed by atoms with van der Waals surface area (Å²) in [5.74, 6) is 2.91. The van der Waals surface area contributed by atoms with Gasteiger partial charge in [0, 0.05) is 23.7 Å². The Kier molecular flexibility index (Phi) is 6.17. The van der Waals surface area contributed by atoms with Crippen LogP contribution in [0.4, 0.5) is 5.95 Å². The molecule has 10 nitrogen and oxygen atoms in total. The molecule has 2 aromatic carbocycles. The number of ether oxygens (including phenoxy) is 4. The van der Waals surface area contributed by atoms with Crippen molar-refractivity contribution in [1.29, 1.82) is 0 Å². The average molecular weight is 500 g/mol. The van der Waals surface area contributed by atoms with E-state index in [4.69, 9.17) is 33.3 Å². The molecule has 3 aromatic heterocycles. The Labute approximate surface area is 212 Å². The number of hydrogen-bond acceptors (Lipinski definition) is 9. The van der Waals surface area contributed by atoms with Crippen LogP contribution in [0, 0.1) is 0 Å². The van der Waals surface area contributed by atoms with Gasteiger partial charge in [0.05, 0.1) is 39.4 Å². The highest BCUT2D eigenvalue weighted by Crippen LogP contribution is 2.30. The molecule has 10 heteroatoms. The van der Waals surface area contributed by atoms with Gasteiger partial charge in [0.15, 0.2) is 29.2 Å². The molecule has 0 bridgehead atoms. The highest BCUT2D eigenvalue weighted by molar-refractivity contribution is 5.67. The van der Waals surface area contributed by atoms with Crippen LogP contribution in [0.25, 0.3) is 28.5 Å². The van der Waals surface area contributed by atoms with Gasteiger partial charge in [-0.1, -0.05) is 24.3 Å². The Hall–Kier alpha value is -4.41. The highest BCUT2D eigenvalue weighted by Gasteiger charge is 2.20. The summed E-state index contributed by atoms with van der Waals surface area (Å²) in [7, 11) is 3.23. The van der Waals surface area contributed by atoms with Crippen LogP contribution in [0.5, 0.6) is 11.5 Å². The van der Waals surface area contributed by atoms with Gasteiger partial charge in [0.1, 0.15) is 0 Å². The molecule has 1 aliphatic heterocycles. The van der Waals surface area contributed by atoms with E-state index in [0.717, 1.165) is 22.4 Å². The maximum absolute atomic E-state index is 5.68. The summed E-state index contributed by atoms with van der Waals surface area (Å²) in [4.78, 5) is 9.61. The second-order valence-electron chi connectivity index (χ2n) is 8.39. The van der Waals surface area contributed by atoms with Crippen LogP contribution in [0.15, 0.2) is 71.3 Å². The molecule has 1 N–H and O–H groups in total. The van der Waals surface area contributed by atoms with Crippen molar-refractivity contribution < 1.29 is 23.4 Å². The molecule has 1 saturated heterocycles. The molecule has 0 unspecified atom stereocenters. The first-order valence-corrected chi connectivity index (χ1v) is 11.8. The van der Waals surface area contributed by atoms with Crippen molar-refractivity contribution in [3.8, 4) is 34.3 Å². The zero-order valence-corrected chi connectivity index (χ0v) is 20.4. The molecule has 6 rings (SSSR count). The van der Waals surface area contributed by atoms with Crippen LogP contribution < -0.4 is 14.8 Å². The molecule has 5 aromatic rings. The summed E-state index contributed by atoms with van der Waals surface area (Å²) in [6.07, 6.45) is 1.23. The predicted octanol–water partition coefficient (Wildman–Crippen LogP) is 4.73. The van der Waals surface area contributed by atoms with Gasteiger partial charge in [-0.05, 0) is 35.9 Å². The maximum atomic E-state index is 5.68. The molecule has 0 radical (unpaired) electrons. The Morgan fingerprint density at radius 2 is 1.81 bits per heavy atom. The lowest BCUT2D eigenvalue weighted by Crippen LogP contribution is -2.09. The molecule has 37 heavy (non-hydrogen) atoms. The van der Waals surface area contributed by atoms with Crippen molar-refractivity contribution >= 4 is 11.6 Å². The third-order valence-corrected chi connectivity index (χ3v) is 6.04. The third kappa shape index (κ3) is 4.59. The number of fused-ring (bicyclic) bond motifs is 1. The minimum Gasteiger partial charge on any atom is -0.493 e. The van der Waals surface area contributed by atoms with E-state index in [9.17, 15) is 0 Å². The lowest BCUT2D eigenvalue weighted by atomic mass is 10.1. The van der Waals surface area contributed by atoms with Gasteiger partial charge in [0.2, 0.25) is 11.8 Å². The molecule has 0 spiro atoms. The van der Waals surface area contributed by atoms with E-state index >= 15 is 0 Å². The number of aromatic nitrogens is 4. The number of methoxy groups -OCH3 is 2. The lowest BCUT2D eigenvalue weighted by Gasteiger charge is -2.13. The van der Waals surface area contributed by atoms with E-state index in [1.807, 2.05) is 54.6 Å². The minimum absolute atomic E-state index is 0.370. The van der Waals surface area contributed by atoms with Gasteiger partial charge in [-0.15, -0.1) is 5.10 Å². The van der Waals surface area contributed by atoms with Crippen LogP contribution in [-0.2, 0) is 16.0 Å². The molecule has 0 saturated carbocycles. The normalized spacial score (nSPS) is 13.8. The largest absolute Gasteiger partial charge is 0.493 e. The zero-order valence-electron chi connectivity index (χ0n) is 20.4. The third-order valence-electron chi connectivity index (χ3n) is 6.04. The van der Waals surface area contributed by atoms with E-state index in [0.29, 0.717) is 54.4 Å². The molecular formula is C27H25N5O5. The summed E-state index contributed by atoms with van der Waals surface area (Å²) < 4.78 is 29.4. The van der Waals surface area contributed by atoms with Crippen LogP contribution in [0.1, 0.15) is 17.4 Å². The van der Waals surface area contributed by atoms with Gasteiger partial charge in [0.25, 0.3) is 0 Å². The first-order valence-electron chi connectivity index (χ1n) is 11.8. The van der Waals surface area contributed by atoms with Crippen molar-refractivity contribution in [1.82, 2.24) is 19.6 Å². The van der Waals surface area contributed by atoms with Crippen molar-refractivity contribution in [2.24, 2.45) is 0 Å². The molecule has 0 atom stereocenters. The molecule has 188 valence electrons. The highest BCUT2D eigenvalue weighted by atomic mass is 16.7. The number of benzene rings is 2. The summed E-state index contributed by atoms with van der Waals surface area (Å²) in [6, 6.07) is 19.3. The van der Waals surface area contributed by atoms with Crippen molar-refractivity contribution in [2.45, 2.75) is 12.8 Å². The Morgan fingerprint density at radius 1 is 0.946 bits per heavy atom. The molecular weight excluding hydrogens is 474 g/mol. The molecule has 0 aliphatic carbocycles. The molecule has 1 aliphatic rings. The summed E-state index contributed by atoms with van der Waals surface area (Å²) in [5, 5.41) is 8.05. The smallest absolute Gasteiger partial charge is 0.226 e. The Bertz CT molecular complexity index is 1530. The fourth-order valence-electron chi connectivity index (χ4n) is 4.23. The Balaban J connectivity index is 1.38. The molecule has 0 amide bonds. The van der Waals surface area contributed by atoms with Crippen molar-refractivity contribution in [3.63, 3.8) is 0 Å². The van der Waals surface area contributed by atoms with Gasteiger partial charge < -0.3 is 28.7 Å². The molecule has 4 heterocycles. The number of furan rings is 1. The van der Waals surface area contributed by atoms with Crippen LogP contribution in [-0.4, -0.2) is 47.0 Å². The Morgan fingerprint density at radius 3 is 2.59 bits per heavy atom. The first kappa shape index (κ1) is 23.0. The molecule has 1 fully saturated rings. The fraction of sp³-hybridized carbons (Fsp3) is 0.222. The average Bonchev–Trinajstić information content (AvgIpc) is 3.73. The SMILES string of the molecule is COc1ccc(CNc2nc(-c3cccc(C4OCCO4)c3)cc3nc(-c4ccco4)nn23)cc1OC. The van der Waals surface area contributed by atoms with E-state index in [1.165, 1.54) is 0 Å². The number of hydrogen-bond donors (Lipinski definition) is 1. The van der Waals surface area contributed by atoms with E-state index in [1.54, 1.807) is 31.1 Å². The summed E-state index contributed by atoms with van der Waals surface area (Å²) in [6.45, 7) is 1.64. The lowest BCUT2D eigenvalue weighted by molar-refractivity contribution is -0.0440.